The molecular weight excluding hydrogens is 340 g/mol. The Morgan fingerprint density at radius 2 is 2.10 bits per heavy atom. The van der Waals surface area contributed by atoms with Crippen LogP contribution in [0.3, 0.4) is 0 Å². The molecule has 0 amide bonds. The molecule has 2 aromatic rings. The highest BCUT2D eigenvalue weighted by molar-refractivity contribution is 9.09. The zero-order valence-corrected chi connectivity index (χ0v) is 13.8. The molecule has 1 heterocycles. The van der Waals surface area contributed by atoms with E-state index in [4.69, 9.17) is 0 Å². The third-order valence-electron chi connectivity index (χ3n) is 3.16. The molecule has 0 fully saturated rings. The Morgan fingerprint density at radius 1 is 1.35 bits per heavy atom. The van der Waals surface area contributed by atoms with Gasteiger partial charge in [-0.15, -0.1) is 0 Å². The van der Waals surface area contributed by atoms with E-state index in [9.17, 15) is 8.42 Å². The standard InChI is InChI=1S/C14H17BrN2O2S/c1-3-11(15)9-17-20(18,19)13-7-6-10(2)14-12(13)5-4-8-16-14/h4-8,11,17H,3,9H2,1-2H3. The molecule has 20 heavy (non-hydrogen) atoms. The van der Waals surface area contributed by atoms with Crippen LogP contribution in [0.25, 0.3) is 10.9 Å². The zero-order chi connectivity index (χ0) is 14.8. The summed E-state index contributed by atoms with van der Waals surface area (Å²) in [5, 5.41) is 0.655. The molecular formula is C14H17BrN2O2S. The maximum absolute atomic E-state index is 12.4. The number of pyridine rings is 1. The molecule has 0 aliphatic rings. The van der Waals surface area contributed by atoms with Gasteiger partial charge >= 0.3 is 0 Å². The Hall–Kier alpha value is -0.980. The Bertz CT molecular complexity index is 716. The molecule has 108 valence electrons. The maximum atomic E-state index is 12.4. The molecule has 0 aliphatic carbocycles. The predicted molar refractivity (Wildman–Crippen MR) is 84.7 cm³/mol. The van der Waals surface area contributed by atoms with Gasteiger partial charge in [0.05, 0.1) is 10.4 Å². The fraction of sp³-hybridized carbons (Fsp3) is 0.357. The second kappa shape index (κ2) is 6.20. The summed E-state index contributed by atoms with van der Waals surface area (Å²) in [6.07, 6.45) is 2.53. The number of rotatable bonds is 5. The third-order valence-corrected chi connectivity index (χ3v) is 5.61. The normalized spacial score (nSPS) is 13.6. The van der Waals surface area contributed by atoms with Gasteiger partial charge in [-0.2, -0.15) is 0 Å². The van der Waals surface area contributed by atoms with Crippen molar-refractivity contribution in [3.8, 4) is 0 Å². The van der Waals surface area contributed by atoms with Gasteiger partial charge < -0.3 is 0 Å². The molecule has 0 saturated carbocycles. The molecule has 0 bridgehead atoms. The van der Waals surface area contributed by atoms with E-state index >= 15 is 0 Å². The molecule has 0 spiro atoms. The molecule has 0 radical (unpaired) electrons. The fourth-order valence-electron chi connectivity index (χ4n) is 1.94. The van der Waals surface area contributed by atoms with Crippen molar-refractivity contribution in [1.29, 1.82) is 0 Å². The number of nitrogens with zero attached hydrogens (tertiary/aromatic N) is 1. The van der Waals surface area contributed by atoms with Crippen molar-refractivity contribution in [2.45, 2.75) is 30.0 Å². The Kier molecular flexibility index (Phi) is 4.78. The number of alkyl halides is 1. The summed E-state index contributed by atoms with van der Waals surface area (Å²) in [5.41, 5.74) is 1.69. The van der Waals surface area contributed by atoms with Gasteiger partial charge in [0.15, 0.2) is 0 Å². The summed E-state index contributed by atoms with van der Waals surface area (Å²) < 4.78 is 27.5. The van der Waals surface area contributed by atoms with Gasteiger partial charge in [-0.05, 0) is 37.1 Å². The summed E-state index contributed by atoms with van der Waals surface area (Å²) >= 11 is 3.42. The first-order chi connectivity index (χ1) is 9.45. The van der Waals surface area contributed by atoms with E-state index in [2.05, 4.69) is 25.6 Å². The lowest BCUT2D eigenvalue weighted by Crippen LogP contribution is -2.29. The molecule has 1 N–H and O–H groups in total. The first-order valence-corrected chi connectivity index (χ1v) is 8.83. The first-order valence-electron chi connectivity index (χ1n) is 6.43. The van der Waals surface area contributed by atoms with E-state index in [0.717, 1.165) is 17.5 Å². The molecule has 6 heteroatoms. The number of fused-ring (bicyclic) bond motifs is 1. The fourth-order valence-corrected chi connectivity index (χ4v) is 3.60. The minimum Gasteiger partial charge on any atom is -0.256 e. The SMILES string of the molecule is CCC(Br)CNS(=O)(=O)c1ccc(C)c2ncccc12. The van der Waals surface area contributed by atoms with Crippen LogP contribution in [0.4, 0.5) is 0 Å². The second-order valence-electron chi connectivity index (χ2n) is 4.64. The Morgan fingerprint density at radius 3 is 2.80 bits per heavy atom. The molecule has 1 aromatic carbocycles. The monoisotopic (exact) mass is 356 g/mol. The average molecular weight is 357 g/mol. The van der Waals surface area contributed by atoms with E-state index in [-0.39, 0.29) is 9.72 Å². The molecule has 2 rings (SSSR count). The van der Waals surface area contributed by atoms with Crippen LogP contribution < -0.4 is 4.72 Å². The number of aromatic nitrogens is 1. The van der Waals surface area contributed by atoms with Crippen LogP contribution in [0.2, 0.25) is 0 Å². The van der Waals surface area contributed by atoms with Crippen LogP contribution in [-0.2, 0) is 10.0 Å². The quantitative estimate of drug-likeness (QED) is 0.837. The lowest BCUT2D eigenvalue weighted by Gasteiger charge is -2.12. The van der Waals surface area contributed by atoms with E-state index in [1.807, 2.05) is 13.8 Å². The predicted octanol–water partition coefficient (Wildman–Crippen LogP) is 3.00. The maximum Gasteiger partial charge on any atom is 0.241 e. The molecule has 1 unspecified atom stereocenters. The number of halogens is 1. The first kappa shape index (κ1) is 15.4. The topological polar surface area (TPSA) is 59.1 Å². The van der Waals surface area contributed by atoms with Crippen molar-refractivity contribution in [3.05, 3.63) is 36.0 Å². The van der Waals surface area contributed by atoms with Crippen LogP contribution >= 0.6 is 15.9 Å². The summed E-state index contributed by atoms with van der Waals surface area (Å²) in [7, 11) is -3.53. The van der Waals surface area contributed by atoms with Gasteiger partial charge in [0.25, 0.3) is 0 Å². The summed E-state index contributed by atoms with van der Waals surface area (Å²) in [4.78, 5) is 4.68. The number of sulfonamides is 1. The van der Waals surface area contributed by atoms with Crippen LogP contribution in [0.1, 0.15) is 18.9 Å². The van der Waals surface area contributed by atoms with Crippen LogP contribution in [0.15, 0.2) is 35.4 Å². The number of aryl methyl sites for hydroxylation is 1. The minimum absolute atomic E-state index is 0.132. The number of hydrogen-bond acceptors (Lipinski definition) is 3. The summed E-state index contributed by atoms with van der Waals surface area (Å²) in [6, 6.07) is 6.96. The van der Waals surface area contributed by atoms with Gasteiger partial charge in [0.1, 0.15) is 0 Å². The number of benzene rings is 1. The molecule has 0 aliphatic heterocycles. The van der Waals surface area contributed by atoms with Crippen molar-refractivity contribution in [2.75, 3.05) is 6.54 Å². The minimum atomic E-state index is -3.53. The van der Waals surface area contributed by atoms with Crippen molar-refractivity contribution < 1.29 is 8.42 Å². The molecule has 4 nitrogen and oxygen atoms in total. The third kappa shape index (κ3) is 3.19. The van der Waals surface area contributed by atoms with E-state index in [0.29, 0.717) is 11.9 Å². The highest BCUT2D eigenvalue weighted by Gasteiger charge is 2.19. The van der Waals surface area contributed by atoms with Crippen LogP contribution in [0, 0.1) is 6.92 Å². The Labute approximate surface area is 127 Å². The lowest BCUT2D eigenvalue weighted by molar-refractivity contribution is 0.581. The molecule has 1 aromatic heterocycles. The summed E-state index contributed by atoms with van der Waals surface area (Å²) in [6.45, 7) is 4.29. The number of nitrogens with one attached hydrogen (secondary N) is 1. The number of hydrogen-bond donors (Lipinski definition) is 1. The van der Waals surface area contributed by atoms with Crippen molar-refractivity contribution in [3.63, 3.8) is 0 Å². The van der Waals surface area contributed by atoms with E-state index in [1.165, 1.54) is 0 Å². The van der Waals surface area contributed by atoms with Crippen molar-refractivity contribution in [1.82, 2.24) is 9.71 Å². The average Bonchev–Trinajstić information content (AvgIpc) is 2.45. The lowest BCUT2D eigenvalue weighted by atomic mass is 10.1. The van der Waals surface area contributed by atoms with Crippen LogP contribution in [0.5, 0.6) is 0 Å². The highest BCUT2D eigenvalue weighted by atomic mass is 79.9. The van der Waals surface area contributed by atoms with Crippen molar-refractivity contribution in [2.24, 2.45) is 0 Å². The highest BCUT2D eigenvalue weighted by Crippen LogP contribution is 2.24. The van der Waals surface area contributed by atoms with E-state index < -0.39 is 10.0 Å². The smallest absolute Gasteiger partial charge is 0.241 e. The Balaban J connectivity index is 2.45. The van der Waals surface area contributed by atoms with Gasteiger partial charge in [0, 0.05) is 23.0 Å². The summed E-state index contributed by atoms with van der Waals surface area (Å²) in [5.74, 6) is 0. The second-order valence-corrected chi connectivity index (χ2v) is 7.67. The van der Waals surface area contributed by atoms with Gasteiger partial charge in [-0.25, -0.2) is 13.1 Å². The van der Waals surface area contributed by atoms with Gasteiger partial charge in [0.2, 0.25) is 10.0 Å². The molecule has 0 saturated heterocycles. The largest absolute Gasteiger partial charge is 0.256 e. The molecule has 1 atom stereocenters. The van der Waals surface area contributed by atoms with Crippen LogP contribution in [-0.4, -0.2) is 24.8 Å². The van der Waals surface area contributed by atoms with E-state index in [1.54, 1.807) is 30.5 Å². The van der Waals surface area contributed by atoms with Crippen molar-refractivity contribution >= 4 is 36.9 Å². The van der Waals surface area contributed by atoms with Gasteiger partial charge in [-0.3, -0.25) is 4.98 Å². The van der Waals surface area contributed by atoms with Gasteiger partial charge in [-0.1, -0.05) is 28.9 Å². The zero-order valence-electron chi connectivity index (χ0n) is 11.4.